The number of carbonyl (C=O) groups excluding carboxylic acids is 1. The third-order valence-corrected chi connectivity index (χ3v) is 5.95. The normalized spacial score (nSPS) is 27.7. The second-order valence-electron chi connectivity index (χ2n) is 6.94. The number of fused-ring (bicyclic) bond motifs is 2. The molecule has 23 heavy (non-hydrogen) atoms. The number of nitrogens with one attached hydrogen (secondary N) is 1. The minimum absolute atomic E-state index is 0.0612. The summed E-state index contributed by atoms with van der Waals surface area (Å²) in [4.78, 5) is 12.2. The Morgan fingerprint density at radius 1 is 1.43 bits per heavy atom. The van der Waals surface area contributed by atoms with Crippen molar-refractivity contribution in [1.82, 2.24) is 15.1 Å². The zero-order chi connectivity index (χ0) is 16.7. The van der Waals surface area contributed by atoms with Crippen LogP contribution in [-0.2, 0) is 11.3 Å². The molecule has 1 N–H and O–H groups in total. The van der Waals surface area contributed by atoms with Crippen molar-refractivity contribution in [3.8, 4) is 0 Å². The monoisotopic (exact) mass is 345 g/mol. The van der Waals surface area contributed by atoms with E-state index in [9.17, 15) is 13.6 Å². The topological polar surface area (TPSA) is 46.9 Å². The van der Waals surface area contributed by atoms with Crippen molar-refractivity contribution in [3.63, 3.8) is 0 Å². The van der Waals surface area contributed by atoms with Crippen molar-refractivity contribution in [2.75, 3.05) is 0 Å². The lowest BCUT2D eigenvalue weighted by molar-refractivity contribution is -0.123. The van der Waals surface area contributed by atoms with Crippen LogP contribution in [0, 0.1) is 24.7 Å². The van der Waals surface area contributed by atoms with Crippen LogP contribution < -0.4 is 5.32 Å². The van der Waals surface area contributed by atoms with Gasteiger partial charge in [-0.2, -0.15) is 5.10 Å². The summed E-state index contributed by atoms with van der Waals surface area (Å²) >= 11 is 5.85. The van der Waals surface area contributed by atoms with Crippen LogP contribution in [0.5, 0.6) is 0 Å². The molecular weight excluding hydrogens is 324 g/mol. The maximum Gasteiger partial charge on any atom is 0.283 e. The molecule has 1 aromatic heterocycles. The van der Waals surface area contributed by atoms with Crippen LogP contribution in [0.4, 0.5) is 8.78 Å². The molecule has 0 radical (unpaired) electrons. The van der Waals surface area contributed by atoms with Gasteiger partial charge in [0.25, 0.3) is 6.43 Å². The SMILES string of the molecule is Cc1c(Cl)c(C(F)F)nn1CC(=O)N[C@@H](C)[C@@H]1C[C@@H]2CC[C@@H]1C2. The molecule has 0 aromatic carbocycles. The first kappa shape index (κ1) is 16.7. The maximum absolute atomic E-state index is 12.8. The van der Waals surface area contributed by atoms with Gasteiger partial charge in [-0.25, -0.2) is 8.78 Å². The number of aromatic nitrogens is 2. The number of nitrogens with zero attached hydrogens (tertiary/aromatic N) is 2. The Morgan fingerprint density at radius 2 is 2.17 bits per heavy atom. The van der Waals surface area contributed by atoms with Gasteiger partial charge in [0, 0.05) is 6.04 Å². The molecule has 1 amide bonds. The van der Waals surface area contributed by atoms with Crippen LogP contribution >= 0.6 is 11.6 Å². The number of halogens is 3. The minimum Gasteiger partial charge on any atom is -0.352 e. The molecule has 0 aliphatic heterocycles. The van der Waals surface area contributed by atoms with Crippen LogP contribution in [0.15, 0.2) is 0 Å². The van der Waals surface area contributed by atoms with Gasteiger partial charge in [-0.15, -0.1) is 0 Å². The fourth-order valence-corrected chi connectivity index (χ4v) is 4.51. The third kappa shape index (κ3) is 3.23. The lowest BCUT2D eigenvalue weighted by atomic mass is 9.84. The van der Waals surface area contributed by atoms with Crippen LogP contribution in [0.2, 0.25) is 5.02 Å². The summed E-state index contributed by atoms with van der Waals surface area (Å²) in [6.45, 7) is 3.55. The van der Waals surface area contributed by atoms with Gasteiger partial charge in [0.05, 0.1) is 10.7 Å². The number of hydrogen-bond acceptors (Lipinski definition) is 2. The average molecular weight is 346 g/mol. The van der Waals surface area contributed by atoms with Crippen molar-refractivity contribution in [1.29, 1.82) is 0 Å². The highest BCUT2D eigenvalue weighted by molar-refractivity contribution is 6.31. The zero-order valence-electron chi connectivity index (χ0n) is 13.4. The fourth-order valence-electron chi connectivity index (χ4n) is 4.29. The molecular formula is C16H22ClF2N3O. The first-order valence-electron chi connectivity index (χ1n) is 8.17. The molecule has 2 bridgehead atoms. The Bertz CT molecular complexity index is 604. The molecule has 3 rings (SSSR count). The smallest absolute Gasteiger partial charge is 0.283 e. The molecule has 2 aliphatic carbocycles. The van der Waals surface area contributed by atoms with Crippen LogP contribution in [-0.4, -0.2) is 21.7 Å². The largest absolute Gasteiger partial charge is 0.352 e. The molecule has 4 atom stereocenters. The number of hydrogen-bond donors (Lipinski definition) is 1. The minimum atomic E-state index is -2.74. The van der Waals surface area contributed by atoms with E-state index >= 15 is 0 Å². The van der Waals surface area contributed by atoms with E-state index in [2.05, 4.69) is 10.4 Å². The second kappa shape index (κ2) is 6.38. The standard InChI is InChI=1S/C16H22ClF2N3O/c1-8(12-6-10-3-4-11(12)5-10)20-13(23)7-22-9(2)14(17)15(21-22)16(18)19/h8,10-12,16H,3-7H2,1-2H3,(H,20,23)/t8-,10+,11+,12-/m0/s1. The Kier molecular flexibility index (Phi) is 4.63. The first-order valence-corrected chi connectivity index (χ1v) is 8.55. The van der Waals surface area contributed by atoms with Gasteiger partial charge in [-0.1, -0.05) is 18.0 Å². The van der Waals surface area contributed by atoms with Gasteiger partial charge in [0.15, 0.2) is 0 Å². The van der Waals surface area contributed by atoms with Crippen LogP contribution in [0.1, 0.15) is 50.4 Å². The summed E-state index contributed by atoms with van der Waals surface area (Å²) in [5.41, 5.74) is -0.0668. The van der Waals surface area contributed by atoms with E-state index in [1.807, 2.05) is 6.92 Å². The van der Waals surface area contributed by atoms with E-state index in [0.717, 1.165) is 11.8 Å². The van der Waals surface area contributed by atoms with E-state index in [-0.39, 0.29) is 23.5 Å². The van der Waals surface area contributed by atoms with E-state index in [4.69, 9.17) is 11.6 Å². The van der Waals surface area contributed by atoms with Crippen molar-refractivity contribution in [2.45, 2.75) is 58.5 Å². The van der Waals surface area contributed by atoms with Crippen molar-refractivity contribution >= 4 is 17.5 Å². The summed E-state index contributed by atoms with van der Waals surface area (Å²) in [7, 11) is 0. The predicted octanol–water partition coefficient (Wildman–Crippen LogP) is 3.72. The Balaban J connectivity index is 1.60. The third-order valence-electron chi connectivity index (χ3n) is 5.48. The quantitative estimate of drug-likeness (QED) is 0.884. The van der Waals surface area contributed by atoms with Crippen LogP contribution in [0.25, 0.3) is 0 Å². The molecule has 0 saturated heterocycles. The lowest BCUT2D eigenvalue weighted by Gasteiger charge is -2.28. The predicted molar refractivity (Wildman–Crippen MR) is 83.5 cm³/mol. The van der Waals surface area contributed by atoms with Gasteiger partial charge in [-0.05, 0) is 50.9 Å². The number of alkyl halides is 2. The summed E-state index contributed by atoms with van der Waals surface area (Å²) < 4.78 is 26.9. The number of rotatable bonds is 5. The van der Waals surface area contributed by atoms with Crippen LogP contribution in [0.3, 0.4) is 0 Å². The second-order valence-corrected chi connectivity index (χ2v) is 7.32. The van der Waals surface area contributed by atoms with Gasteiger partial charge in [0.1, 0.15) is 12.2 Å². The summed E-state index contributed by atoms with van der Waals surface area (Å²) in [6.07, 6.45) is 2.33. The van der Waals surface area contributed by atoms with Gasteiger partial charge in [-0.3, -0.25) is 9.48 Å². The molecule has 1 aromatic rings. The van der Waals surface area contributed by atoms with E-state index in [0.29, 0.717) is 11.6 Å². The van der Waals surface area contributed by atoms with Crippen molar-refractivity contribution in [2.24, 2.45) is 17.8 Å². The van der Waals surface area contributed by atoms with E-state index < -0.39 is 12.1 Å². The zero-order valence-corrected chi connectivity index (χ0v) is 14.1. The highest BCUT2D eigenvalue weighted by Crippen LogP contribution is 2.49. The van der Waals surface area contributed by atoms with Gasteiger partial charge >= 0.3 is 0 Å². The number of carbonyl (C=O) groups is 1. The van der Waals surface area contributed by atoms with Crippen molar-refractivity contribution < 1.29 is 13.6 Å². The molecule has 0 spiro atoms. The Hall–Kier alpha value is -1.17. The molecule has 1 heterocycles. The maximum atomic E-state index is 12.8. The molecule has 0 unspecified atom stereocenters. The average Bonchev–Trinajstić information content (AvgIpc) is 3.17. The Morgan fingerprint density at radius 3 is 2.70 bits per heavy atom. The molecule has 7 heteroatoms. The van der Waals surface area contributed by atoms with Gasteiger partial charge < -0.3 is 5.32 Å². The molecule has 128 valence electrons. The molecule has 2 saturated carbocycles. The summed E-state index contributed by atoms with van der Waals surface area (Å²) in [5, 5.41) is 6.71. The van der Waals surface area contributed by atoms with E-state index in [1.165, 1.54) is 30.4 Å². The highest BCUT2D eigenvalue weighted by Gasteiger charge is 2.42. The number of amides is 1. The Labute approximate surface area is 139 Å². The fraction of sp³-hybridized carbons (Fsp3) is 0.750. The molecule has 2 fully saturated rings. The lowest BCUT2D eigenvalue weighted by Crippen LogP contribution is -2.41. The summed E-state index contributed by atoms with van der Waals surface area (Å²) in [6, 6.07) is 0.110. The highest BCUT2D eigenvalue weighted by atomic mass is 35.5. The van der Waals surface area contributed by atoms with E-state index in [1.54, 1.807) is 6.92 Å². The van der Waals surface area contributed by atoms with Crippen molar-refractivity contribution in [3.05, 3.63) is 16.4 Å². The summed E-state index contributed by atoms with van der Waals surface area (Å²) in [5.74, 6) is 1.88. The first-order chi connectivity index (χ1) is 10.9. The molecule has 4 nitrogen and oxygen atoms in total. The molecule has 2 aliphatic rings. The van der Waals surface area contributed by atoms with Gasteiger partial charge in [0.2, 0.25) is 5.91 Å².